The maximum atomic E-state index is 4.98. The summed E-state index contributed by atoms with van der Waals surface area (Å²) in [6.07, 6.45) is 10.8. The first-order chi connectivity index (χ1) is 14.3. The van der Waals surface area contributed by atoms with Gasteiger partial charge in [-0.1, -0.05) is 25.1 Å². The molecule has 1 aromatic carbocycles. The molecule has 1 aliphatic heterocycles. The van der Waals surface area contributed by atoms with Crippen LogP contribution in [-0.4, -0.2) is 49.8 Å². The van der Waals surface area contributed by atoms with E-state index in [0.29, 0.717) is 18.5 Å². The summed E-state index contributed by atoms with van der Waals surface area (Å²) in [5.41, 5.74) is 2.23. The predicted octanol–water partition coefficient (Wildman–Crippen LogP) is 3.12. The van der Waals surface area contributed by atoms with Gasteiger partial charge >= 0.3 is 0 Å². The number of guanidine groups is 1. The molecule has 3 aromatic rings. The van der Waals surface area contributed by atoms with Crippen LogP contribution < -0.4 is 5.32 Å². The summed E-state index contributed by atoms with van der Waals surface area (Å²) in [7, 11) is 0. The number of rotatable bonds is 5. The third-order valence-corrected chi connectivity index (χ3v) is 5.60. The molecule has 0 bridgehead atoms. The number of nitrogens with zero attached hydrogens (tertiary/aromatic N) is 6. The lowest BCUT2D eigenvalue weighted by molar-refractivity contribution is 0.189. The number of imidazole rings is 1. The lowest BCUT2D eigenvalue weighted by Gasteiger charge is -2.39. The lowest BCUT2D eigenvalue weighted by Crippen LogP contribution is -2.49. The van der Waals surface area contributed by atoms with E-state index in [1.54, 1.807) is 6.20 Å². The number of para-hydroxylation sites is 1. The average Bonchev–Trinajstić information content (AvgIpc) is 3.46. The van der Waals surface area contributed by atoms with E-state index in [-0.39, 0.29) is 0 Å². The van der Waals surface area contributed by atoms with Gasteiger partial charge in [-0.3, -0.25) is 0 Å². The molecule has 7 heteroatoms. The number of piperidine rings is 1. The monoisotopic (exact) mass is 391 g/mol. The molecule has 1 N–H and O–H groups in total. The van der Waals surface area contributed by atoms with Crippen LogP contribution in [0.25, 0.3) is 5.69 Å². The van der Waals surface area contributed by atoms with E-state index in [1.807, 2.05) is 35.5 Å². The minimum absolute atomic E-state index is 0.409. The van der Waals surface area contributed by atoms with E-state index in [2.05, 4.69) is 63.1 Å². The van der Waals surface area contributed by atoms with Crippen LogP contribution in [0.5, 0.6) is 0 Å². The van der Waals surface area contributed by atoms with E-state index in [1.165, 1.54) is 0 Å². The Morgan fingerprint density at radius 2 is 2.10 bits per heavy atom. The molecule has 1 fully saturated rings. The van der Waals surface area contributed by atoms with Gasteiger partial charge in [-0.2, -0.15) is 5.10 Å². The van der Waals surface area contributed by atoms with Crippen molar-refractivity contribution in [3.05, 3.63) is 67.0 Å². The molecule has 0 aliphatic carbocycles. The zero-order chi connectivity index (χ0) is 20.1. The molecule has 1 aliphatic rings. The summed E-state index contributed by atoms with van der Waals surface area (Å²) in [4.78, 5) is 11.6. The van der Waals surface area contributed by atoms with E-state index < -0.39 is 0 Å². The van der Waals surface area contributed by atoms with Crippen LogP contribution in [0, 0.1) is 5.92 Å². The summed E-state index contributed by atoms with van der Waals surface area (Å²) in [6, 6.07) is 10.7. The molecule has 0 amide bonds. The highest BCUT2D eigenvalue weighted by molar-refractivity contribution is 5.80. The first kappa shape index (κ1) is 19.2. The van der Waals surface area contributed by atoms with Gasteiger partial charge in [-0.05, 0) is 37.0 Å². The highest BCUT2D eigenvalue weighted by Crippen LogP contribution is 2.27. The van der Waals surface area contributed by atoms with Crippen molar-refractivity contribution in [1.29, 1.82) is 0 Å². The maximum absolute atomic E-state index is 4.98. The Morgan fingerprint density at radius 3 is 2.86 bits per heavy atom. The fourth-order valence-electron chi connectivity index (χ4n) is 3.96. The summed E-state index contributed by atoms with van der Waals surface area (Å²) in [6.45, 7) is 7.85. The molecule has 7 nitrogen and oxygen atoms in total. The van der Waals surface area contributed by atoms with Crippen molar-refractivity contribution in [3.8, 4) is 5.69 Å². The quantitative estimate of drug-likeness (QED) is 0.536. The van der Waals surface area contributed by atoms with Gasteiger partial charge in [0.2, 0.25) is 0 Å². The van der Waals surface area contributed by atoms with E-state index >= 15 is 0 Å². The molecule has 29 heavy (non-hydrogen) atoms. The number of hydrogen-bond donors (Lipinski definition) is 1. The van der Waals surface area contributed by atoms with Crippen molar-refractivity contribution in [1.82, 2.24) is 29.5 Å². The van der Waals surface area contributed by atoms with Gasteiger partial charge in [0.25, 0.3) is 0 Å². The Kier molecular flexibility index (Phi) is 5.93. The fraction of sp³-hybridized carbons (Fsp3) is 0.409. The van der Waals surface area contributed by atoms with Crippen LogP contribution in [0.2, 0.25) is 0 Å². The van der Waals surface area contributed by atoms with Crippen LogP contribution >= 0.6 is 0 Å². The minimum atomic E-state index is 0.409. The third-order valence-electron chi connectivity index (χ3n) is 5.60. The Hall–Kier alpha value is -3.09. The van der Waals surface area contributed by atoms with Gasteiger partial charge in [0.1, 0.15) is 0 Å². The van der Waals surface area contributed by atoms with Gasteiger partial charge in [0.15, 0.2) is 5.96 Å². The second-order valence-electron chi connectivity index (χ2n) is 7.54. The van der Waals surface area contributed by atoms with Crippen molar-refractivity contribution in [2.45, 2.75) is 32.9 Å². The highest BCUT2D eigenvalue weighted by Gasteiger charge is 2.28. The molecular weight excluding hydrogens is 362 g/mol. The molecule has 2 aromatic heterocycles. The predicted molar refractivity (Wildman–Crippen MR) is 115 cm³/mol. The first-order valence-electron chi connectivity index (χ1n) is 10.3. The molecule has 4 rings (SSSR count). The molecule has 3 heterocycles. The fourth-order valence-corrected chi connectivity index (χ4v) is 3.96. The maximum Gasteiger partial charge on any atom is 0.194 e. The first-order valence-corrected chi connectivity index (χ1v) is 10.3. The van der Waals surface area contributed by atoms with Gasteiger partial charge < -0.3 is 14.8 Å². The Bertz CT molecular complexity index is 915. The second-order valence-corrected chi connectivity index (χ2v) is 7.54. The summed E-state index contributed by atoms with van der Waals surface area (Å²) < 4.78 is 4.13. The number of aromatic nitrogens is 4. The topological polar surface area (TPSA) is 63.3 Å². The second kappa shape index (κ2) is 8.94. The van der Waals surface area contributed by atoms with Crippen LogP contribution in [0.15, 0.2) is 66.4 Å². The van der Waals surface area contributed by atoms with Gasteiger partial charge in [0.05, 0.1) is 24.6 Å². The van der Waals surface area contributed by atoms with Crippen LogP contribution in [-0.2, 0) is 6.54 Å². The number of nitrogens with one attached hydrogen (secondary N) is 1. The SMILES string of the molecule is CCNC(=NCc1ccccc1-n1cccn1)N1CCC(C)C(n2ccnc2)C1. The number of likely N-dealkylation sites (tertiary alicyclic amines) is 1. The van der Waals surface area contributed by atoms with Crippen molar-refractivity contribution in [2.24, 2.45) is 10.9 Å². The minimum Gasteiger partial charge on any atom is -0.357 e. The van der Waals surface area contributed by atoms with Crippen LogP contribution in [0.1, 0.15) is 31.9 Å². The number of aliphatic imine (C=N–C) groups is 1. The Morgan fingerprint density at radius 1 is 1.21 bits per heavy atom. The smallest absolute Gasteiger partial charge is 0.194 e. The van der Waals surface area contributed by atoms with Gasteiger partial charge in [0, 0.05) is 44.4 Å². The molecule has 2 unspecified atom stereocenters. The largest absolute Gasteiger partial charge is 0.357 e. The average molecular weight is 392 g/mol. The summed E-state index contributed by atoms with van der Waals surface area (Å²) in [5, 5.41) is 7.87. The van der Waals surface area contributed by atoms with Gasteiger partial charge in [-0.25, -0.2) is 14.7 Å². The van der Waals surface area contributed by atoms with Crippen molar-refractivity contribution >= 4 is 5.96 Å². The zero-order valence-electron chi connectivity index (χ0n) is 17.1. The Labute approximate surface area is 172 Å². The normalized spacial score (nSPS) is 20.1. The van der Waals surface area contributed by atoms with Crippen LogP contribution in [0.4, 0.5) is 0 Å². The van der Waals surface area contributed by atoms with E-state index in [4.69, 9.17) is 4.99 Å². The summed E-state index contributed by atoms with van der Waals surface area (Å²) >= 11 is 0. The van der Waals surface area contributed by atoms with Crippen molar-refractivity contribution < 1.29 is 0 Å². The lowest BCUT2D eigenvalue weighted by atomic mass is 9.93. The third kappa shape index (κ3) is 4.34. The van der Waals surface area contributed by atoms with Crippen molar-refractivity contribution in [2.75, 3.05) is 19.6 Å². The molecular formula is C22H29N7. The van der Waals surface area contributed by atoms with Crippen LogP contribution in [0.3, 0.4) is 0 Å². The number of hydrogen-bond acceptors (Lipinski definition) is 3. The highest BCUT2D eigenvalue weighted by atomic mass is 15.3. The van der Waals surface area contributed by atoms with E-state index in [0.717, 1.165) is 43.3 Å². The zero-order valence-corrected chi connectivity index (χ0v) is 17.1. The standard InChI is InChI=1S/C22H29N7/c1-3-24-22(27-13-9-18(2)21(16-27)28-14-11-23-17-28)25-15-19-7-4-5-8-20(19)29-12-6-10-26-29/h4-8,10-12,14,17-18,21H,3,9,13,15-16H2,1-2H3,(H,24,25). The molecule has 0 radical (unpaired) electrons. The molecule has 152 valence electrons. The van der Waals surface area contributed by atoms with Crippen molar-refractivity contribution in [3.63, 3.8) is 0 Å². The molecule has 2 atom stereocenters. The number of benzene rings is 1. The molecule has 0 spiro atoms. The Balaban J connectivity index is 1.54. The summed E-state index contributed by atoms with van der Waals surface area (Å²) in [5.74, 6) is 1.59. The molecule has 1 saturated heterocycles. The van der Waals surface area contributed by atoms with Gasteiger partial charge in [-0.15, -0.1) is 0 Å². The van der Waals surface area contributed by atoms with E-state index in [9.17, 15) is 0 Å². The molecule has 0 saturated carbocycles.